The van der Waals surface area contributed by atoms with E-state index in [4.69, 9.17) is 12.2 Å². The molecule has 2 saturated heterocycles. The van der Waals surface area contributed by atoms with Crippen molar-refractivity contribution < 1.29 is 53.8 Å². The number of carbonyl (C=O) groups is 4. The van der Waals surface area contributed by atoms with E-state index < -0.39 is 23.3 Å². The Balaban J connectivity index is 0.00000306. The molecule has 3 heterocycles. The Morgan fingerprint density at radius 1 is 1.30 bits per heavy atom. The van der Waals surface area contributed by atoms with Crippen LogP contribution >= 0.6 is 24.0 Å². The van der Waals surface area contributed by atoms with Gasteiger partial charge in [0.1, 0.15) is 11.4 Å². The monoisotopic (exact) mass is 497 g/mol. The van der Waals surface area contributed by atoms with Crippen LogP contribution in [0, 0.1) is 0 Å². The third kappa shape index (κ3) is 5.04. The number of benzene rings is 1. The second kappa shape index (κ2) is 10.4. The Morgan fingerprint density at radius 2 is 2.03 bits per heavy atom. The first kappa shape index (κ1) is 25.5. The largest absolute Gasteiger partial charge is 1.00 e. The smallest absolute Gasteiger partial charge is 0.543 e. The van der Waals surface area contributed by atoms with Crippen LogP contribution in [0.2, 0.25) is 0 Å². The number of nitrogens with one attached hydrogen (secondary N) is 3. The Bertz CT molecular complexity index is 1070. The van der Waals surface area contributed by atoms with Gasteiger partial charge >= 0.3 is 35.6 Å². The number of carboxylic acids is 1. The molecular formula is C20H20N5NaO5S2. The molecule has 3 aliphatic heterocycles. The third-order valence-corrected chi connectivity index (χ3v) is 7.13. The van der Waals surface area contributed by atoms with Crippen molar-refractivity contribution in [2.75, 3.05) is 24.2 Å². The summed E-state index contributed by atoms with van der Waals surface area (Å²) < 4.78 is 0. The maximum absolute atomic E-state index is 12.7. The summed E-state index contributed by atoms with van der Waals surface area (Å²) in [7, 11) is 0. The molecule has 4 rings (SSSR count). The van der Waals surface area contributed by atoms with Crippen molar-refractivity contribution in [3.63, 3.8) is 0 Å². The molecule has 0 spiro atoms. The fourth-order valence-corrected chi connectivity index (χ4v) is 5.38. The number of anilines is 1. The van der Waals surface area contributed by atoms with Crippen LogP contribution in [0.15, 0.2) is 35.5 Å². The molecule has 3 aliphatic rings. The van der Waals surface area contributed by atoms with Crippen molar-refractivity contribution in [2.45, 2.75) is 24.8 Å². The summed E-state index contributed by atoms with van der Waals surface area (Å²) >= 11 is 6.70. The number of thioether (sulfide) groups is 1. The fourth-order valence-electron chi connectivity index (χ4n) is 3.80. The van der Waals surface area contributed by atoms with E-state index in [9.17, 15) is 24.3 Å². The number of carboxylic acid groups (broad SMARTS) is 1. The van der Waals surface area contributed by atoms with Gasteiger partial charge in [0.15, 0.2) is 5.11 Å². The minimum absolute atomic E-state index is 0. The van der Waals surface area contributed by atoms with Crippen LogP contribution in [0.25, 0.3) is 0 Å². The maximum Gasteiger partial charge on any atom is 1.00 e. The molecule has 0 saturated carbocycles. The summed E-state index contributed by atoms with van der Waals surface area (Å²) in [6.45, 7) is 2.60. The van der Waals surface area contributed by atoms with Gasteiger partial charge in [0.2, 0.25) is 5.91 Å². The van der Waals surface area contributed by atoms with E-state index in [1.807, 2.05) is 0 Å². The number of hydrogen-bond donors (Lipinski definition) is 3. The number of rotatable bonds is 5. The Labute approximate surface area is 221 Å². The summed E-state index contributed by atoms with van der Waals surface area (Å²) in [5.41, 5.74) is 1.67. The minimum atomic E-state index is -1.39. The first-order chi connectivity index (χ1) is 15.3. The summed E-state index contributed by atoms with van der Waals surface area (Å²) in [5.74, 6) is -1.81. The number of amides is 4. The van der Waals surface area contributed by atoms with Crippen molar-refractivity contribution in [3.05, 3.63) is 41.1 Å². The number of β-lactam (4-membered cyclic amide) rings is 1. The van der Waals surface area contributed by atoms with E-state index in [-0.39, 0.29) is 58.7 Å². The average molecular weight is 498 g/mol. The summed E-state index contributed by atoms with van der Waals surface area (Å²) in [4.78, 5) is 51.0. The average Bonchev–Trinajstić information content (AvgIpc) is 3.19. The van der Waals surface area contributed by atoms with Crippen molar-refractivity contribution in [1.82, 2.24) is 20.4 Å². The fraction of sp³-hybridized carbons (Fsp3) is 0.350. The molecule has 3 N–H and O–H groups in total. The van der Waals surface area contributed by atoms with Crippen molar-refractivity contribution in [3.8, 4) is 0 Å². The number of hydrogen-bond acceptors (Lipinski definition) is 7. The van der Waals surface area contributed by atoms with Crippen molar-refractivity contribution in [2.24, 2.45) is 0 Å². The molecule has 0 aromatic heterocycles. The van der Waals surface area contributed by atoms with Gasteiger partial charge in [-0.2, -0.15) is 0 Å². The van der Waals surface area contributed by atoms with Gasteiger partial charge in [-0.05, 0) is 36.3 Å². The van der Waals surface area contributed by atoms with E-state index in [1.165, 1.54) is 21.6 Å². The van der Waals surface area contributed by atoms with Crippen molar-refractivity contribution >= 4 is 58.6 Å². The third-order valence-electron chi connectivity index (χ3n) is 5.38. The number of thiocarbonyl (C=S) groups is 1. The topological polar surface area (TPSA) is 134 Å². The molecule has 4 amide bonds. The van der Waals surface area contributed by atoms with Crippen LogP contribution in [0.4, 0.5) is 10.5 Å². The molecule has 10 nitrogen and oxygen atoms in total. The molecule has 168 valence electrons. The quantitative estimate of drug-likeness (QED) is 0.216. The van der Waals surface area contributed by atoms with Gasteiger partial charge < -0.3 is 25.9 Å². The molecule has 2 fully saturated rings. The standard InChI is InChI=1S/C20H21N5O5S2.Na/c1-10-9-32-17-14(16(27)25(17)15(10)18(28)29)23-13(26)8-11-4-2-3-5-12(11)22-20(31)24-7-6-21-19(24)30;/h2-5,14,17H,6-9H2,1H3,(H,21,30)(H,22,31)(H,23,26)(H,28,29);/q;+1/p-1/t14?,17-;/m1./s1. The molecule has 1 aromatic carbocycles. The van der Waals surface area contributed by atoms with Crippen LogP contribution in [0.5, 0.6) is 0 Å². The van der Waals surface area contributed by atoms with Gasteiger partial charge in [-0.25, -0.2) is 4.79 Å². The van der Waals surface area contributed by atoms with Crippen LogP contribution < -0.4 is 50.6 Å². The normalized spacial score (nSPS) is 21.5. The first-order valence-electron chi connectivity index (χ1n) is 9.87. The van der Waals surface area contributed by atoms with Crippen LogP contribution in [-0.4, -0.2) is 69.0 Å². The van der Waals surface area contributed by atoms with Gasteiger partial charge in [0.05, 0.1) is 18.1 Å². The second-order valence-electron chi connectivity index (χ2n) is 7.52. The zero-order chi connectivity index (χ0) is 23.0. The molecule has 0 bridgehead atoms. The second-order valence-corrected chi connectivity index (χ2v) is 9.01. The minimum Gasteiger partial charge on any atom is -0.543 e. The molecule has 1 aromatic rings. The Hall–Kier alpha value is -2.12. The molecule has 2 atom stereocenters. The van der Waals surface area contributed by atoms with Gasteiger partial charge in [-0.3, -0.25) is 19.4 Å². The van der Waals surface area contributed by atoms with E-state index in [0.29, 0.717) is 35.7 Å². The van der Waals surface area contributed by atoms with E-state index in [2.05, 4.69) is 16.0 Å². The molecule has 13 heteroatoms. The number of urea groups is 1. The number of para-hydroxylation sites is 1. The van der Waals surface area contributed by atoms with Crippen molar-refractivity contribution in [1.29, 1.82) is 0 Å². The zero-order valence-electron chi connectivity index (χ0n) is 18.0. The van der Waals surface area contributed by atoms with Crippen LogP contribution in [0.1, 0.15) is 12.5 Å². The molecule has 0 aliphatic carbocycles. The maximum atomic E-state index is 12.7. The van der Waals surface area contributed by atoms with Gasteiger partial charge in [0, 0.05) is 24.5 Å². The number of fused-ring (bicyclic) bond motifs is 1. The zero-order valence-corrected chi connectivity index (χ0v) is 21.7. The number of aliphatic carboxylic acids is 1. The number of carbonyl (C=O) groups excluding carboxylic acids is 4. The van der Waals surface area contributed by atoms with Gasteiger partial charge in [0.25, 0.3) is 5.91 Å². The predicted octanol–water partition coefficient (Wildman–Crippen LogP) is -3.62. The predicted molar refractivity (Wildman–Crippen MR) is 119 cm³/mol. The first-order valence-corrected chi connectivity index (χ1v) is 11.3. The van der Waals surface area contributed by atoms with Gasteiger partial charge in [-0.1, -0.05) is 18.2 Å². The van der Waals surface area contributed by atoms with E-state index in [0.717, 1.165) is 0 Å². The summed E-state index contributed by atoms with van der Waals surface area (Å²) in [5, 5.41) is 19.5. The summed E-state index contributed by atoms with van der Waals surface area (Å²) in [6, 6.07) is 5.96. The SMILES string of the molecule is CC1=C(C(=O)[O-])N2C(=O)C(NC(=O)Cc3ccccc3NC(=S)N3CCNC3=O)[C@H]2SC1.[Na+]. The molecule has 33 heavy (non-hydrogen) atoms. The van der Waals surface area contributed by atoms with E-state index in [1.54, 1.807) is 31.2 Å². The number of nitrogens with zero attached hydrogens (tertiary/aromatic N) is 2. The molecular weight excluding hydrogens is 477 g/mol. The van der Waals surface area contributed by atoms with E-state index >= 15 is 0 Å². The Morgan fingerprint density at radius 3 is 2.70 bits per heavy atom. The summed E-state index contributed by atoms with van der Waals surface area (Å²) in [6.07, 6.45) is -0.0264. The van der Waals surface area contributed by atoms with Gasteiger partial charge in [-0.15, -0.1) is 11.8 Å². The Kier molecular flexibility index (Phi) is 8.06. The van der Waals surface area contributed by atoms with Crippen LogP contribution in [0.3, 0.4) is 0 Å². The van der Waals surface area contributed by atoms with Crippen LogP contribution in [-0.2, 0) is 20.8 Å². The molecule has 1 unspecified atom stereocenters. The molecule has 0 radical (unpaired) electrons.